The summed E-state index contributed by atoms with van der Waals surface area (Å²) in [5.74, 6) is -0.252. The van der Waals surface area contributed by atoms with Gasteiger partial charge in [0.25, 0.3) is 5.91 Å². The van der Waals surface area contributed by atoms with Gasteiger partial charge in [-0.2, -0.15) is 0 Å². The molecule has 6 heteroatoms. The summed E-state index contributed by atoms with van der Waals surface area (Å²) in [6.45, 7) is 1.69. The number of hydrogen-bond acceptors (Lipinski definition) is 4. The predicted molar refractivity (Wildman–Crippen MR) is 71.0 cm³/mol. The van der Waals surface area contributed by atoms with E-state index in [1.54, 1.807) is 12.1 Å². The Morgan fingerprint density at radius 1 is 1.15 bits per heavy atom. The van der Waals surface area contributed by atoms with Gasteiger partial charge in [-0.25, -0.2) is 0 Å². The van der Waals surface area contributed by atoms with Crippen LogP contribution in [0.5, 0.6) is 5.75 Å². The Bertz CT molecular complexity index is 593. The van der Waals surface area contributed by atoms with Crippen molar-refractivity contribution >= 4 is 11.8 Å². The Morgan fingerprint density at radius 2 is 1.95 bits per heavy atom. The number of furan rings is 1. The van der Waals surface area contributed by atoms with Gasteiger partial charge in [0, 0.05) is 0 Å². The smallest absolute Gasteiger partial charge is 0.305 e. The fraction of sp³-hybridized carbons (Fsp3) is 0.143. The van der Waals surface area contributed by atoms with Crippen molar-refractivity contribution in [2.75, 3.05) is 6.61 Å². The van der Waals surface area contributed by atoms with Gasteiger partial charge >= 0.3 is 5.91 Å². The number of aryl methyl sites for hydroxylation is 1. The fourth-order valence-electron chi connectivity index (χ4n) is 1.49. The van der Waals surface area contributed by atoms with Gasteiger partial charge in [-0.15, -0.1) is 0 Å². The van der Waals surface area contributed by atoms with E-state index in [2.05, 4.69) is 10.9 Å². The number of rotatable bonds is 4. The quantitative estimate of drug-likeness (QED) is 0.826. The van der Waals surface area contributed by atoms with Gasteiger partial charge in [-0.3, -0.25) is 20.4 Å². The summed E-state index contributed by atoms with van der Waals surface area (Å²) in [6.07, 6.45) is 1.37. The molecule has 0 radical (unpaired) electrons. The predicted octanol–water partition coefficient (Wildman–Crippen LogP) is 1.43. The second-order valence-corrected chi connectivity index (χ2v) is 4.03. The lowest BCUT2D eigenvalue weighted by atomic mass is 10.2. The molecular weight excluding hydrogens is 260 g/mol. The summed E-state index contributed by atoms with van der Waals surface area (Å²) in [5.41, 5.74) is 5.39. The third-order valence-corrected chi connectivity index (χ3v) is 2.51. The van der Waals surface area contributed by atoms with Crippen LogP contribution in [-0.2, 0) is 4.79 Å². The van der Waals surface area contributed by atoms with E-state index in [1.165, 1.54) is 12.3 Å². The highest BCUT2D eigenvalue weighted by atomic mass is 16.5. The Hall–Kier alpha value is -2.76. The van der Waals surface area contributed by atoms with Gasteiger partial charge in [0.15, 0.2) is 12.4 Å². The van der Waals surface area contributed by atoms with Crippen LogP contribution >= 0.6 is 0 Å². The molecule has 2 N–H and O–H groups in total. The van der Waals surface area contributed by atoms with Gasteiger partial charge in [0.05, 0.1) is 6.26 Å². The number of hydrazine groups is 1. The van der Waals surface area contributed by atoms with Crippen LogP contribution < -0.4 is 15.6 Å². The summed E-state index contributed by atoms with van der Waals surface area (Å²) >= 11 is 0. The molecule has 0 bridgehead atoms. The minimum absolute atomic E-state index is 0.116. The summed E-state index contributed by atoms with van der Waals surface area (Å²) < 4.78 is 10.2. The van der Waals surface area contributed by atoms with E-state index in [0.29, 0.717) is 5.75 Å². The largest absolute Gasteiger partial charge is 0.483 e. The summed E-state index contributed by atoms with van der Waals surface area (Å²) in [7, 11) is 0. The van der Waals surface area contributed by atoms with Crippen molar-refractivity contribution in [1.82, 2.24) is 10.9 Å². The standard InChI is InChI=1S/C14H14N2O4/c1-10-5-2-3-6-11(10)20-9-13(17)15-16-14(18)12-7-4-8-19-12/h2-8H,9H2,1H3,(H,15,17)(H,16,18). The topological polar surface area (TPSA) is 80.6 Å². The second-order valence-electron chi connectivity index (χ2n) is 4.03. The molecule has 2 amide bonds. The molecule has 0 atom stereocenters. The Labute approximate surface area is 115 Å². The molecule has 0 saturated heterocycles. The molecular formula is C14H14N2O4. The first-order valence-electron chi connectivity index (χ1n) is 5.98. The lowest BCUT2D eigenvalue weighted by Crippen LogP contribution is -2.43. The summed E-state index contributed by atoms with van der Waals surface area (Å²) in [6, 6.07) is 10.4. The maximum atomic E-state index is 11.5. The van der Waals surface area contributed by atoms with E-state index in [9.17, 15) is 9.59 Å². The van der Waals surface area contributed by atoms with E-state index in [4.69, 9.17) is 9.15 Å². The average molecular weight is 274 g/mol. The van der Waals surface area contributed by atoms with E-state index < -0.39 is 11.8 Å². The van der Waals surface area contributed by atoms with Crippen LogP contribution in [0.3, 0.4) is 0 Å². The van der Waals surface area contributed by atoms with Gasteiger partial charge in [-0.05, 0) is 30.7 Å². The third kappa shape index (κ3) is 3.61. The number of carbonyl (C=O) groups is 2. The Morgan fingerprint density at radius 3 is 2.65 bits per heavy atom. The minimum atomic E-state index is -0.528. The zero-order chi connectivity index (χ0) is 14.4. The normalized spacial score (nSPS) is 9.85. The molecule has 2 rings (SSSR count). The average Bonchev–Trinajstić information content (AvgIpc) is 2.98. The molecule has 1 aromatic carbocycles. The first-order chi connectivity index (χ1) is 9.66. The lowest BCUT2D eigenvalue weighted by Gasteiger charge is -2.09. The molecule has 0 saturated carbocycles. The van der Waals surface area contributed by atoms with Gasteiger partial charge in [0.1, 0.15) is 5.75 Å². The highest BCUT2D eigenvalue weighted by molar-refractivity contribution is 5.92. The summed E-state index contributed by atoms with van der Waals surface area (Å²) in [4.78, 5) is 23.0. The molecule has 20 heavy (non-hydrogen) atoms. The second kappa shape index (κ2) is 6.42. The molecule has 0 spiro atoms. The molecule has 0 aliphatic carbocycles. The molecule has 1 aromatic heterocycles. The van der Waals surface area contributed by atoms with Crippen molar-refractivity contribution < 1.29 is 18.7 Å². The minimum Gasteiger partial charge on any atom is -0.483 e. The van der Waals surface area contributed by atoms with Crippen molar-refractivity contribution in [2.24, 2.45) is 0 Å². The van der Waals surface area contributed by atoms with Gasteiger partial charge < -0.3 is 9.15 Å². The SMILES string of the molecule is Cc1ccccc1OCC(=O)NNC(=O)c1ccco1. The van der Waals surface area contributed by atoms with Gasteiger partial charge in [-0.1, -0.05) is 18.2 Å². The van der Waals surface area contributed by atoms with E-state index in [0.717, 1.165) is 5.56 Å². The number of nitrogens with one attached hydrogen (secondary N) is 2. The fourth-order valence-corrected chi connectivity index (χ4v) is 1.49. The highest BCUT2D eigenvalue weighted by Gasteiger charge is 2.10. The van der Waals surface area contributed by atoms with Crippen molar-refractivity contribution in [3.8, 4) is 5.75 Å². The number of amides is 2. The van der Waals surface area contributed by atoms with Crippen molar-refractivity contribution in [2.45, 2.75) is 6.92 Å². The first kappa shape index (κ1) is 13.7. The van der Waals surface area contributed by atoms with Crippen LogP contribution in [0.4, 0.5) is 0 Å². The highest BCUT2D eigenvalue weighted by Crippen LogP contribution is 2.15. The van der Waals surface area contributed by atoms with Gasteiger partial charge in [0.2, 0.25) is 0 Å². The van der Waals surface area contributed by atoms with Crippen LogP contribution in [0.1, 0.15) is 16.1 Å². The monoisotopic (exact) mass is 274 g/mol. The van der Waals surface area contributed by atoms with E-state index in [-0.39, 0.29) is 12.4 Å². The van der Waals surface area contributed by atoms with Crippen molar-refractivity contribution in [1.29, 1.82) is 0 Å². The zero-order valence-corrected chi connectivity index (χ0v) is 10.9. The molecule has 104 valence electrons. The number of ether oxygens (including phenoxy) is 1. The molecule has 0 unspecified atom stereocenters. The number of para-hydroxylation sites is 1. The third-order valence-electron chi connectivity index (χ3n) is 2.51. The number of benzene rings is 1. The molecule has 1 heterocycles. The molecule has 0 aliphatic heterocycles. The number of carbonyl (C=O) groups excluding carboxylic acids is 2. The summed E-state index contributed by atoms with van der Waals surface area (Å²) in [5, 5.41) is 0. The van der Waals surface area contributed by atoms with Crippen molar-refractivity contribution in [3.05, 3.63) is 54.0 Å². The molecule has 0 aliphatic rings. The first-order valence-corrected chi connectivity index (χ1v) is 5.98. The van der Waals surface area contributed by atoms with Crippen molar-refractivity contribution in [3.63, 3.8) is 0 Å². The molecule has 0 fully saturated rings. The van der Waals surface area contributed by atoms with Crippen LogP contribution in [0.15, 0.2) is 47.1 Å². The van der Waals surface area contributed by atoms with Crippen LogP contribution in [0, 0.1) is 6.92 Å². The molecule has 6 nitrogen and oxygen atoms in total. The van der Waals surface area contributed by atoms with Crippen LogP contribution in [0.2, 0.25) is 0 Å². The number of hydrogen-bond donors (Lipinski definition) is 2. The Kier molecular flexibility index (Phi) is 4.39. The van der Waals surface area contributed by atoms with E-state index >= 15 is 0 Å². The van der Waals surface area contributed by atoms with Crippen LogP contribution in [0.25, 0.3) is 0 Å². The van der Waals surface area contributed by atoms with Crippen LogP contribution in [-0.4, -0.2) is 18.4 Å². The maximum absolute atomic E-state index is 11.5. The zero-order valence-electron chi connectivity index (χ0n) is 10.9. The maximum Gasteiger partial charge on any atom is 0.305 e. The Balaban J connectivity index is 1.76. The van der Waals surface area contributed by atoms with E-state index in [1.807, 2.05) is 25.1 Å². The lowest BCUT2D eigenvalue weighted by molar-refractivity contribution is -0.123. The molecule has 2 aromatic rings.